The van der Waals surface area contributed by atoms with E-state index in [4.69, 9.17) is 5.11 Å². The summed E-state index contributed by atoms with van der Waals surface area (Å²) in [6.07, 6.45) is 9.67. The van der Waals surface area contributed by atoms with E-state index in [1.54, 1.807) is 6.33 Å². The van der Waals surface area contributed by atoms with Crippen LogP contribution in [0.4, 0.5) is 0 Å². The SMILES string of the molecule is O=C(O)Cc1[nH]cnc1C12CC3CC(CC(C3)C1)C2. The monoisotopic (exact) mass is 260 g/mol. The molecule has 4 aliphatic rings. The maximum absolute atomic E-state index is 11.0. The number of nitrogens with zero attached hydrogens (tertiary/aromatic N) is 1. The molecule has 0 spiro atoms. The van der Waals surface area contributed by atoms with Crippen LogP contribution < -0.4 is 0 Å². The van der Waals surface area contributed by atoms with Crippen molar-refractivity contribution < 1.29 is 9.90 Å². The number of carboxylic acid groups (broad SMARTS) is 1. The number of nitrogens with one attached hydrogen (secondary N) is 1. The van der Waals surface area contributed by atoms with Crippen LogP contribution in [0.2, 0.25) is 0 Å². The van der Waals surface area contributed by atoms with Crippen LogP contribution in [0.15, 0.2) is 6.33 Å². The molecule has 1 heterocycles. The number of aromatic amines is 1. The highest BCUT2D eigenvalue weighted by atomic mass is 16.4. The lowest BCUT2D eigenvalue weighted by Crippen LogP contribution is -2.49. The zero-order chi connectivity index (χ0) is 13.0. The Morgan fingerprint density at radius 2 is 1.84 bits per heavy atom. The van der Waals surface area contributed by atoms with Gasteiger partial charge in [0.05, 0.1) is 18.4 Å². The summed E-state index contributed by atoms with van der Waals surface area (Å²) < 4.78 is 0. The fourth-order valence-corrected chi connectivity index (χ4v) is 5.46. The van der Waals surface area contributed by atoms with Gasteiger partial charge >= 0.3 is 5.97 Å². The maximum atomic E-state index is 11.0. The summed E-state index contributed by atoms with van der Waals surface area (Å²) in [7, 11) is 0. The number of carbonyl (C=O) groups is 1. The Morgan fingerprint density at radius 1 is 1.26 bits per heavy atom. The molecule has 1 aromatic rings. The minimum atomic E-state index is -0.768. The topological polar surface area (TPSA) is 66.0 Å². The predicted octanol–water partition coefficient (Wildman–Crippen LogP) is 2.50. The van der Waals surface area contributed by atoms with E-state index >= 15 is 0 Å². The van der Waals surface area contributed by atoms with Crippen LogP contribution in [0, 0.1) is 17.8 Å². The fourth-order valence-electron chi connectivity index (χ4n) is 5.46. The molecule has 0 atom stereocenters. The Labute approximate surface area is 112 Å². The number of aromatic nitrogens is 2. The minimum Gasteiger partial charge on any atom is -0.481 e. The third-order valence-corrected chi connectivity index (χ3v) is 5.59. The van der Waals surface area contributed by atoms with E-state index in [0.29, 0.717) is 0 Å². The second-order valence-corrected chi connectivity index (χ2v) is 7.00. The smallest absolute Gasteiger partial charge is 0.309 e. The van der Waals surface area contributed by atoms with Crippen molar-refractivity contribution in [2.45, 2.75) is 50.4 Å². The highest BCUT2D eigenvalue weighted by Gasteiger charge is 2.53. The van der Waals surface area contributed by atoms with Crippen molar-refractivity contribution in [1.29, 1.82) is 0 Å². The summed E-state index contributed by atoms with van der Waals surface area (Å²) in [5.41, 5.74) is 2.11. The maximum Gasteiger partial charge on any atom is 0.309 e. The third-order valence-electron chi connectivity index (χ3n) is 5.59. The molecule has 1 aromatic heterocycles. The van der Waals surface area contributed by atoms with E-state index < -0.39 is 5.97 Å². The zero-order valence-electron chi connectivity index (χ0n) is 11.1. The molecule has 0 saturated heterocycles. The molecule has 5 rings (SSSR count). The summed E-state index contributed by atoms with van der Waals surface area (Å²) >= 11 is 0. The van der Waals surface area contributed by atoms with E-state index in [9.17, 15) is 4.79 Å². The van der Waals surface area contributed by atoms with Crippen molar-refractivity contribution in [2.75, 3.05) is 0 Å². The Morgan fingerprint density at radius 3 is 2.37 bits per heavy atom. The van der Waals surface area contributed by atoms with Gasteiger partial charge in [0.15, 0.2) is 0 Å². The molecule has 4 bridgehead atoms. The van der Waals surface area contributed by atoms with Gasteiger partial charge in [-0.15, -0.1) is 0 Å². The molecule has 0 aliphatic heterocycles. The average Bonchev–Trinajstić information content (AvgIpc) is 2.74. The van der Waals surface area contributed by atoms with E-state index in [2.05, 4.69) is 9.97 Å². The van der Waals surface area contributed by atoms with Crippen LogP contribution in [0.25, 0.3) is 0 Å². The van der Waals surface area contributed by atoms with Gasteiger partial charge in [-0.05, 0) is 56.3 Å². The first-order valence-electron chi connectivity index (χ1n) is 7.39. The van der Waals surface area contributed by atoms with Gasteiger partial charge in [-0.3, -0.25) is 4.79 Å². The molecule has 4 nitrogen and oxygen atoms in total. The van der Waals surface area contributed by atoms with Crippen molar-refractivity contribution in [2.24, 2.45) is 17.8 Å². The van der Waals surface area contributed by atoms with Gasteiger partial charge in [0.2, 0.25) is 0 Å². The number of carboxylic acids is 1. The largest absolute Gasteiger partial charge is 0.481 e. The van der Waals surface area contributed by atoms with Crippen LogP contribution in [0.3, 0.4) is 0 Å². The zero-order valence-corrected chi connectivity index (χ0v) is 11.1. The number of rotatable bonds is 3. The molecule has 2 N–H and O–H groups in total. The fraction of sp³-hybridized carbons (Fsp3) is 0.733. The predicted molar refractivity (Wildman–Crippen MR) is 69.8 cm³/mol. The third kappa shape index (κ3) is 1.72. The first-order chi connectivity index (χ1) is 9.14. The van der Waals surface area contributed by atoms with Crippen LogP contribution in [-0.2, 0) is 16.6 Å². The molecule has 4 fully saturated rings. The van der Waals surface area contributed by atoms with Crippen molar-refractivity contribution in [3.8, 4) is 0 Å². The molecule has 0 aromatic carbocycles. The normalized spacial score (nSPS) is 39.7. The summed E-state index contributed by atoms with van der Waals surface area (Å²) in [6.45, 7) is 0. The Bertz CT molecular complexity index is 485. The number of imidazole rings is 1. The van der Waals surface area contributed by atoms with Crippen molar-refractivity contribution in [3.05, 3.63) is 17.7 Å². The first-order valence-corrected chi connectivity index (χ1v) is 7.39. The van der Waals surface area contributed by atoms with Gasteiger partial charge in [0.1, 0.15) is 0 Å². The van der Waals surface area contributed by atoms with Crippen LogP contribution in [0.5, 0.6) is 0 Å². The molecule has 4 aliphatic carbocycles. The van der Waals surface area contributed by atoms with Gasteiger partial charge in [0.25, 0.3) is 0 Å². The second kappa shape index (κ2) is 3.84. The molecule has 0 amide bonds. The van der Waals surface area contributed by atoms with E-state index in [0.717, 1.165) is 29.1 Å². The lowest BCUT2D eigenvalue weighted by Gasteiger charge is -2.56. The molecule has 4 saturated carbocycles. The first kappa shape index (κ1) is 11.5. The Kier molecular flexibility index (Phi) is 2.32. The molecule has 4 heteroatoms. The summed E-state index contributed by atoms with van der Waals surface area (Å²) in [5, 5.41) is 9.04. The molecular weight excluding hydrogens is 240 g/mol. The van der Waals surface area contributed by atoms with Crippen LogP contribution >= 0.6 is 0 Å². The molecule has 0 unspecified atom stereocenters. The van der Waals surface area contributed by atoms with E-state index in [1.807, 2.05) is 0 Å². The van der Waals surface area contributed by atoms with Gasteiger partial charge in [-0.1, -0.05) is 0 Å². The lowest BCUT2D eigenvalue weighted by atomic mass is 9.48. The van der Waals surface area contributed by atoms with Gasteiger partial charge in [-0.25, -0.2) is 4.98 Å². The van der Waals surface area contributed by atoms with Gasteiger partial charge in [-0.2, -0.15) is 0 Å². The van der Waals surface area contributed by atoms with Gasteiger partial charge < -0.3 is 10.1 Å². The van der Waals surface area contributed by atoms with E-state index in [1.165, 1.54) is 38.5 Å². The number of H-pyrrole nitrogens is 1. The summed E-state index contributed by atoms with van der Waals surface area (Å²) in [4.78, 5) is 18.6. The standard InChI is InChI=1S/C15H20N2O2/c18-13(19)4-12-14(17-8-16-12)15-5-9-1-10(6-15)3-11(2-9)7-15/h8-11H,1-7H2,(H,16,17)(H,18,19). The number of aliphatic carboxylic acids is 1. The summed E-state index contributed by atoms with van der Waals surface area (Å²) in [5.74, 6) is 1.82. The highest BCUT2D eigenvalue weighted by molar-refractivity contribution is 5.70. The molecule has 19 heavy (non-hydrogen) atoms. The molecular formula is C15H20N2O2. The van der Waals surface area contributed by atoms with E-state index in [-0.39, 0.29) is 11.8 Å². The number of hydrogen-bond acceptors (Lipinski definition) is 2. The Balaban J connectivity index is 1.72. The Hall–Kier alpha value is -1.32. The van der Waals surface area contributed by atoms with Crippen LogP contribution in [0.1, 0.15) is 49.9 Å². The van der Waals surface area contributed by atoms with Crippen molar-refractivity contribution in [1.82, 2.24) is 9.97 Å². The average molecular weight is 260 g/mol. The number of hydrogen-bond donors (Lipinski definition) is 2. The second-order valence-electron chi connectivity index (χ2n) is 7.00. The molecule has 102 valence electrons. The highest BCUT2D eigenvalue weighted by Crippen LogP contribution is 2.60. The minimum absolute atomic E-state index is 0.0804. The van der Waals surface area contributed by atoms with Gasteiger partial charge in [0, 0.05) is 11.1 Å². The lowest BCUT2D eigenvalue weighted by molar-refractivity contribution is -0.136. The summed E-state index contributed by atoms with van der Waals surface area (Å²) in [6, 6.07) is 0. The quantitative estimate of drug-likeness (QED) is 0.877. The van der Waals surface area contributed by atoms with Crippen LogP contribution in [-0.4, -0.2) is 21.0 Å². The molecule has 0 radical (unpaired) electrons. The van der Waals surface area contributed by atoms with Crippen molar-refractivity contribution >= 4 is 5.97 Å². The van der Waals surface area contributed by atoms with Crippen molar-refractivity contribution in [3.63, 3.8) is 0 Å².